The summed E-state index contributed by atoms with van der Waals surface area (Å²) in [5.74, 6) is 0.505. The van der Waals surface area contributed by atoms with Crippen LogP contribution in [0.5, 0.6) is 0 Å². The van der Waals surface area contributed by atoms with Crippen molar-refractivity contribution in [2.45, 2.75) is 32.9 Å². The summed E-state index contributed by atoms with van der Waals surface area (Å²) in [5.41, 5.74) is -0.0621. The Morgan fingerprint density at radius 2 is 2.23 bits per heavy atom. The van der Waals surface area contributed by atoms with Crippen molar-refractivity contribution in [2.24, 2.45) is 0 Å². The molecule has 0 aliphatic carbocycles. The highest BCUT2D eigenvalue weighted by Crippen LogP contribution is 2.20. The van der Waals surface area contributed by atoms with Crippen molar-refractivity contribution in [1.29, 1.82) is 0 Å². The van der Waals surface area contributed by atoms with Gasteiger partial charge in [0, 0.05) is 10.6 Å². The van der Waals surface area contributed by atoms with Gasteiger partial charge in [0.1, 0.15) is 5.54 Å². The van der Waals surface area contributed by atoms with Gasteiger partial charge in [0.05, 0.1) is 13.2 Å². The molecule has 2 aromatic rings. The number of nitrogens with one attached hydrogen (secondary N) is 1. The standard InChI is InChI=1S/C15H18ClN3O3/c1-4-21-14(20)15(2,3)17-9-12-18-13(19-22-12)10-6-5-7-11(16)8-10/h5-8,17H,4,9H2,1-3H3. The predicted octanol–water partition coefficient (Wildman–Crippen LogP) is 2.82. The second-order valence-electron chi connectivity index (χ2n) is 5.22. The average Bonchev–Trinajstić information content (AvgIpc) is 2.94. The molecule has 0 bridgehead atoms. The topological polar surface area (TPSA) is 77.2 Å². The predicted molar refractivity (Wildman–Crippen MR) is 82.3 cm³/mol. The first-order valence-corrected chi connectivity index (χ1v) is 7.31. The molecule has 0 unspecified atom stereocenters. The number of hydrogen-bond acceptors (Lipinski definition) is 6. The summed E-state index contributed by atoms with van der Waals surface area (Å²) in [5, 5.41) is 7.55. The molecule has 0 amide bonds. The summed E-state index contributed by atoms with van der Waals surface area (Å²) >= 11 is 5.94. The summed E-state index contributed by atoms with van der Waals surface area (Å²) in [6, 6.07) is 7.19. The minimum Gasteiger partial charge on any atom is -0.465 e. The Balaban J connectivity index is 2.02. The van der Waals surface area contributed by atoms with E-state index in [1.165, 1.54) is 0 Å². The van der Waals surface area contributed by atoms with Crippen LogP contribution in [0.4, 0.5) is 0 Å². The highest BCUT2D eigenvalue weighted by atomic mass is 35.5. The van der Waals surface area contributed by atoms with E-state index in [0.717, 1.165) is 5.56 Å². The third-order valence-corrected chi connectivity index (χ3v) is 3.25. The highest BCUT2D eigenvalue weighted by molar-refractivity contribution is 6.30. The van der Waals surface area contributed by atoms with Gasteiger partial charge in [-0.25, -0.2) is 0 Å². The van der Waals surface area contributed by atoms with Crippen molar-refractivity contribution in [3.63, 3.8) is 0 Å². The number of aromatic nitrogens is 2. The van der Waals surface area contributed by atoms with Crippen LogP contribution in [0.3, 0.4) is 0 Å². The summed E-state index contributed by atoms with van der Waals surface area (Å²) in [6.45, 7) is 5.84. The molecule has 22 heavy (non-hydrogen) atoms. The van der Waals surface area contributed by atoms with Gasteiger partial charge in [-0.15, -0.1) is 0 Å². The second-order valence-corrected chi connectivity index (χ2v) is 5.66. The number of benzene rings is 1. The van der Waals surface area contributed by atoms with Gasteiger partial charge in [0.15, 0.2) is 0 Å². The number of carbonyl (C=O) groups is 1. The Hall–Kier alpha value is -1.92. The fourth-order valence-corrected chi connectivity index (χ4v) is 1.94. The van der Waals surface area contributed by atoms with Crippen LogP contribution in [0.15, 0.2) is 28.8 Å². The van der Waals surface area contributed by atoms with Gasteiger partial charge in [-0.05, 0) is 32.9 Å². The second kappa shape index (κ2) is 6.89. The Bertz CT molecular complexity index is 655. The van der Waals surface area contributed by atoms with Gasteiger partial charge in [-0.1, -0.05) is 28.9 Å². The van der Waals surface area contributed by atoms with Gasteiger partial charge < -0.3 is 9.26 Å². The minimum atomic E-state index is -0.833. The zero-order valence-corrected chi connectivity index (χ0v) is 13.5. The zero-order chi connectivity index (χ0) is 16.2. The maximum Gasteiger partial charge on any atom is 0.325 e. The number of ether oxygens (including phenoxy) is 1. The number of esters is 1. The van der Waals surface area contributed by atoms with E-state index in [-0.39, 0.29) is 12.5 Å². The molecule has 1 aromatic heterocycles. The highest BCUT2D eigenvalue weighted by Gasteiger charge is 2.29. The van der Waals surface area contributed by atoms with Crippen LogP contribution in [0, 0.1) is 0 Å². The van der Waals surface area contributed by atoms with Crippen molar-refractivity contribution in [2.75, 3.05) is 6.61 Å². The molecule has 6 nitrogen and oxygen atoms in total. The van der Waals surface area contributed by atoms with E-state index in [0.29, 0.717) is 23.3 Å². The summed E-state index contributed by atoms with van der Waals surface area (Å²) < 4.78 is 10.2. The molecule has 7 heteroatoms. The van der Waals surface area contributed by atoms with E-state index in [1.807, 2.05) is 12.1 Å². The van der Waals surface area contributed by atoms with Gasteiger partial charge in [0.25, 0.3) is 0 Å². The van der Waals surface area contributed by atoms with Crippen molar-refractivity contribution in [1.82, 2.24) is 15.5 Å². The third kappa shape index (κ3) is 4.05. The van der Waals surface area contributed by atoms with Gasteiger partial charge in [0.2, 0.25) is 11.7 Å². The molecule has 2 rings (SSSR count). The number of nitrogens with zero attached hydrogens (tertiary/aromatic N) is 2. The van der Waals surface area contributed by atoms with Crippen LogP contribution in [0.1, 0.15) is 26.7 Å². The monoisotopic (exact) mass is 323 g/mol. The van der Waals surface area contributed by atoms with Gasteiger partial charge in [-0.2, -0.15) is 4.98 Å². The van der Waals surface area contributed by atoms with Crippen LogP contribution < -0.4 is 5.32 Å². The molecular formula is C15H18ClN3O3. The van der Waals surface area contributed by atoms with Crippen molar-refractivity contribution in [3.05, 3.63) is 35.2 Å². The molecule has 1 heterocycles. The molecule has 0 fully saturated rings. The fourth-order valence-electron chi connectivity index (χ4n) is 1.75. The van der Waals surface area contributed by atoms with Crippen molar-refractivity contribution >= 4 is 17.6 Å². The quantitative estimate of drug-likeness (QED) is 0.824. The first kappa shape index (κ1) is 16.5. The zero-order valence-electron chi connectivity index (χ0n) is 12.7. The third-order valence-electron chi connectivity index (χ3n) is 3.02. The Morgan fingerprint density at radius 1 is 1.45 bits per heavy atom. The molecule has 0 aliphatic rings. The smallest absolute Gasteiger partial charge is 0.325 e. The number of carbonyl (C=O) groups excluding carboxylic acids is 1. The first-order valence-electron chi connectivity index (χ1n) is 6.93. The minimum absolute atomic E-state index is 0.263. The lowest BCUT2D eigenvalue weighted by molar-refractivity contribution is -0.149. The lowest BCUT2D eigenvalue weighted by Gasteiger charge is -2.22. The first-order chi connectivity index (χ1) is 10.4. The van der Waals surface area contributed by atoms with Crippen LogP contribution in [0.25, 0.3) is 11.4 Å². The Morgan fingerprint density at radius 3 is 2.91 bits per heavy atom. The maximum atomic E-state index is 11.8. The number of hydrogen-bond donors (Lipinski definition) is 1. The van der Waals surface area contributed by atoms with E-state index in [4.69, 9.17) is 20.9 Å². The Labute approximate surface area is 133 Å². The maximum absolute atomic E-state index is 11.8. The summed E-state index contributed by atoms with van der Waals surface area (Å²) in [4.78, 5) is 16.1. The van der Waals surface area contributed by atoms with Crippen LogP contribution in [-0.4, -0.2) is 28.3 Å². The van der Waals surface area contributed by atoms with E-state index < -0.39 is 5.54 Å². The van der Waals surface area contributed by atoms with Gasteiger partial charge >= 0.3 is 5.97 Å². The van der Waals surface area contributed by atoms with Crippen molar-refractivity contribution < 1.29 is 14.1 Å². The van der Waals surface area contributed by atoms with Crippen molar-refractivity contribution in [3.8, 4) is 11.4 Å². The van der Waals surface area contributed by atoms with E-state index in [2.05, 4.69) is 15.5 Å². The molecule has 0 spiro atoms. The largest absolute Gasteiger partial charge is 0.465 e. The van der Waals surface area contributed by atoms with E-state index >= 15 is 0 Å². The molecule has 0 aliphatic heterocycles. The van der Waals surface area contributed by atoms with Crippen LogP contribution in [0.2, 0.25) is 5.02 Å². The SMILES string of the molecule is CCOC(=O)C(C)(C)NCc1nc(-c2cccc(Cl)c2)no1. The molecule has 0 saturated carbocycles. The van der Waals surface area contributed by atoms with E-state index in [1.54, 1.807) is 32.9 Å². The lowest BCUT2D eigenvalue weighted by Crippen LogP contribution is -2.47. The summed E-state index contributed by atoms with van der Waals surface area (Å²) in [7, 11) is 0. The molecule has 0 atom stereocenters. The molecule has 0 radical (unpaired) electrons. The number of rotatable bonds is 6. The lowest BCUT2D eigenvalue weighted by atomic mass is 10.1. The molecule has 1 aromatic carbocycles. The summed E-state index contributed by atoms with van der Waals surface area (Å²) in [6.07, 6.45) is 0. The Kier molecular flexibility index (Phi) is 5.15. The number of halogens is 1. The molecule has 1 N–H and O–H groups in total. The molecule has 118 valence electrons. The van der Waals surface area contributed by atoms with Gasteiger partial charge in [-0.3, -0.25) is 10.1 Å². The fraction of sp³-hybridized carbons (Fsp3) is 0.400. The van der Waals surface area contributed by atoms with E-state index in [9.17, 15) is 4.79 Å². The normalized spacial score (nSPS) is 11.5. The molecule has 0 saturated heterocycles. The molecular weight excluding hydrogens is 306 g/mol. The average molecular weight is 324 g/mol. The van der Waals surface area contributed by atoms with Crippen LogP contribution in [-0.2, 0) is 16.1 Å². The van der Waals surface area contributed by atoms with Crippen LogP contribution >= 0.6 is 11.6 Å².